The number of carbonyl (C=O) groups excluding carboxylic acids is 2. The van der Waals surface area contributed by atoms with E-state index in [1.54, 1.807) is 18.2 Å². The number of nitro groups is 1. The Labute approximate surface area is 212 Å². The molecule has 3 aliphatic heterocycles. The number of nitrogens with one attached hydrogen (secondary N) is 1. The minimum absolute atomic E-state index is 0.0491. The lowest BCUT2D eigenvalue weighted by molar-refractivity contribution is -0.384. The fourth-order valence-electron chi connectivity index (χ4n) is 5.30. The second kappa shape index (κ2) is 8.32. The van der Waals surface area contributed by atoms with Gasteiger partial charge in [-0.1, -0.05) is 17.7 Å². The van der Waals surface area contributed by atoms with Crippen molar-refractivity contribution >= 4 is 50.5 Å². The topological polar surface area (TPSA) is 133 Å². The van der Waals surface area contributed by atoms with Gasteiger partial charge in [-0.3, -0.25) is 24.6 Å². The van der Waals surface area contributed by atoms with E-state index in [1.165, 1.54) is 40.5 Å². The number of fused-ring (bicyclic) bond motifs is 4. The Morgan fingerprint density at radius 1 is 1.14 bits per heavy atom. The van der Waals surface area contributed by atoms with E-state index in [9.17, 15) is 28.1 Å². The Kier molecular flexibility index (Phi) is 5.61. The summed E-state index contributed by atoms with van der Waals surface area (Å²) < 4.78 is 28.3. The van der Waals surface area contributed by atoms with Crippen molar-refractivity contribution in [2.45, 2.75) is 24.3 Å². The van der Waals surface area contributed by atoms with Gasteiger partial charge >= 0.3 is 0 Å². The summed E-state index contributed by atoms with van der Waals surface area (Å²) in [5, 5.41) is 13.9. The maximum Gasteiger partial charge on any atom is 0.269 e. The smallest absolute Gasteiger partial charge is 0.269 e. The van der Waals surface area contributed by atoms with Crippen molar-refractivity contribution in [3.05, 3.63) is 63.7 Å². The van der Waals surface area contributed by atoms with Crippen LogP contribution >= 0.6 is 12.2 Å². The van der Waals surface area contributed by atoms with E-state index in [0.717, 1.165) is 5.56 Å². The molecule has 3 aliphatic rings. The van der Waals surface area contributed by atoms with Crippen LogP contribution in [0.5, 0.6) is 0 Å². The summed E-state index contributed by atoms with van der Waals surface area (Å²) in [5.41, 5.74) is 0.149. The zero-order chi connectivity index (χ0) is 26.0. The highest BCUT2D eigenvalue weighted by atomic mass is 32.2. The normalized spacial score (nSPS) is 24.4. The highest BCUT2D eigenvalue weighted by Gasteiger charge is 2.62. The van der Waals surface area contributed by atoms with Gasteiger partial charge in [-0.15, -0.1) is 0 Å². The summed E-state index contributed by atoms with van der Waals surface area (Å²) in [5.74, 6) is -1.21. The summed E-state index contributed by atoms with van der Waals surface area (Å²) in [7, 11) is -2.46. The van der Waals surface area contributed by atoms with Crippen LogP contribution in [0.25, 0.3) is 0 Å². The van der Waals surface area contributed by atoms with Gasteiger partial charge in [-0.05, 0) is 42.9 Å². The third-order valence-corrected chi connectivity index (χ3v) is 9.50. The average Bonchev–Trinajstić information content (AvgIpc) is 2.85. The molecule has 1 spiro atoms. The van der Waals surface area contributed by atoms with E-state index in [2.05, 4.69) is 5.32 Å². The first-order valence-electron chi connectivity index (χ1n) is 11.2. The van der Waals surface area contributed by atoms with Gasteiger partial charge in [-0.25, -0.2) is 8.42 Å². The monoisotopic (exact) mass is 529 g/mol. The van der Waals surface area contributed by atoms with Crippen molar-refractivity contribution in [3.63, 3.8) is 0 Å². The molecule has 2 saturated heterocycles. The van der Waals surface area contributed by atoms with Gasteiger partial charge in [-0.2, -0.15) is 4.31 Å². The molecule has 11 nitrogen and oxygen atoms in total. The minimum Gasteiger partial charge on any atom is -0.364 e. The number of anilines is 1. The van der Waals surface area contributed by atoms with E-state index in [0.29, 0.717) is 11.3 Å². The number of non-ortho nitro benzene ring substituents is 1. The molecule has 13 heteroatoms. The number of thiocarbonyl (C=S) groups is 1. The van der Waals surface area contributed by atoms with E-state index in [1.807, 2.05) is 11.8 Å². The molecular weight excluding hydrogens is 506 g/mol. The molecule has 0 unspecified atom stereocenters. The van der Waals surface area contributed by atoms with Gasteiger partial charge in [0.05, 0.1) is 15.9 Å². The van der Waals surface area contributed by atoms with Crippen molar-refractivity contribution in [2.24, 2.45) is 5.41 Å². The van der Waals surface area contributed by atoms with E-state index >= 15 is 0 Å². The summed E-state index contributed by atoms with van der Waals surface area (Å²) in [6.45, 7) is 2.05. The van der Waals surface area contributed by atoms with Crippen LogP contribution in [0.2, 0.25) is 0 Å². The zero-order valence-corrected chi connectivity index (χ0v) is 21.1. The molecule has 3 heterocycles. The van der Waals surface area contributed by atoms with Gasteiger partial charge in [0.1, 0.15) is 0 Å². The number of amides is 2. The average molecular weight is 530 g/mol. The van der Waals surface area contributed by atoms with Crippen LogP contribution in [0.15, 0.2) is 47.4 Å². The number of aryl methyl sites for hydroxylation is 1. The molecule has 2 amide bonds. The summed E-state index contributed by atoms with van der Waals surface area (Å²) >= 11 is 5.14. The second-order valence-electron chi connectivity index (χ2n) is 9.23. The lowest BCUT2D eigenvalue weighted by Gasteiger charge is -2.55. The fraction of sp³-hybridized carbons (Fsp3) is 0.348. The number of sulfonamides is 1. The number of nitro benzene ring substituents is 1. The minimum atomic E-state index is -3.90. The van der Waals surface area contributed by atoms with Crippen LogP contribution in [0, 0.1) is 22.5 Å². The van der Waals surface area contributed by atoms with Gasteiger partial charge < -0.3 is 10.2 Å². The first-order valence-corrected chi connectivity index (χ1v) is 13.1. The van der Waals surface area contributed by atoms with Crippen LogP contribution in [-0.2, 0) is 26.0 Å². The van der Waals surface area contributed by atoms with Crippen molar-refractivity contribution in [3.8, 4) is 0 Å². The number of piperazine rings is 1. The maximum absolute atomic E-state index is 13.7. The summed E-state index contributed by atoms with van der Waals surface area (Å²) in [4.78, 5) is 41.2. The summed E-state index contributed by atoms with van der Waals surface area (Å²) in [6.07, 6.45) is -0.124. The Morgan fingerprint density at radius 2 is 1.83 bits per heavy atom. The lowest BCUT2D eigenvalue weighted by atomic mass is 9.68. The number of rotatable bonds is 3. The zero-order valence-electron chi connectivity index (χ0n) is 19.5. The van der Waals surface area contributed by atoms with Crippen LogP contribution in [0.1, 0.15) is 11.1 Å². The highest BCUT2D eigenvalue weighted by molar-refractivity contribution is 7.89. The molecule has 2 atom stereocenters. The first kappa shape index (κ1) is 24.3. The molecule has 1 N–H and O–H groups in total. The molecule has 2 fully saturated rings. The second-order valence-corrected chi connectivity index (χ2v) is 11.6. The number of benzene rings is 2. The molecule has 0 saturated carbocycles. The van der Waals surface area contributed by atoms with Crippen LogP contribution in [0.3, 0.4) is 0 Å². The molecule has 5 rings (SSSR count). The molecule has 0 bridgehead atoms. The van der Waals surface area contributed by atoms with Crippen molar-refractivity contribution in [1.82, 2.24) is 14.5 Å². The van der Waals surface area contributed by atoms with Gasteiger partial charge in [0.15, 0.2) is 10.5 Å². The van der Waals surface area contributed by atoms with Crippen molar-refractivity contribution in [2.75, 3.05) is 31.6 Å². The predicted molar refractivity (Wildman–Crippen MR) is 134 cm³/mol. The van der Waals surface area contributed by atoms with Crippen LogP contribution in [-0.4, -0.2) is 72.2 Å². The summed E-state index contributed by atoms with van der Waals surface area (Å²) in [6, 6.07) is 9.98. The van der Waals surface area contributed by atoms with Crippen molar-refractivity contribution < 1.29 is 22.9 Å². The fourth-order valence-corrected chi connectivity index (χ4v) is 6.92. The Morgan fingerprint density at radius 3 is 2.50 bits per heavy atom. The van der Waals surface area contributed by atoms with Gasteiger partial charge in [0.2, 0.25) is 21.8 Å². The predicted octanol–water partition coefficient (Wildman–Crippen LogP) is 1.20. The number of hydrogen-bond acceptors (Lipinski definition) is 8. The van der Waals surface area contributed by atoms with E-state index in [4.69, 9.17) is 12.2 Å². The quantitative estimate of drug-likeness (QED) is 0.271. The van der Waals surface area contributed by atoms with E-state index in [-0.39, 0.29) is 41.8 Å². The highest BCUT2D eigenvalue weighted by Crippen LogP contribution is 2.46. The van der Waals surface area contributed by atoms with Crippen LogP contribution in [0.4, 0.5) is 11.4 Å². The molecule has 0 aromatic heterocycles. The Hall–Kier alpha value is -3.42. The number of nitrogens with zero attached hydrogens (tertiary/aromatic N) is 4. The Bertz CT molecular complexity index is 1430. The SMILES string of the molecule is Cc1ccc(S(=O)(=O)N2CCN3c4ccc([N+](=O)[O-])cc4C[C@@]4(C(=O)NC(=S)N(C)C4=O)[C@H]3C2)cc1. The van der Waals surface area contributed by atoms with Gasteiger partial charge in [0, 0.05) is 50.9 Å². The standard InChI is InChI=1S/C23H23N5O6S2/c1-14-3-6-17(7-4-14)36(33,34)26-9-10-27-18-8-5-16(28(31)32)11-15(18)12-23(19(27)13-26)20(29)24-22(35)25(2)21(23)30/h3-8,11,19H,9-10,12-13H2,1-2H3,(H,24,29,35)/t19-,23+/m1/s1. The van der Waals surface area contributed by atoms with Gasteiger partial charge in [0.25, 0.3) is 5.69 Å². The molecule has 2 aromatic rings. The number of hydrogen-bond donors (Lipinski definition) is 1. The van der Waals surface area contributed by atoms with E-state index < -0.39 is 38.2 Å². The first-order chi connectivity index (χ1) is 17.0. The molecule has 2 aromatic carbocycles. The molecule has 0 radical (unpaired) electrons. The molecule has 0 aliphatic carbocycles. The van der Waals surface area contributed by atoms with Crippen LogP contribution < -0.4 is 10.2 Å². The third kappa shape index (κ3) is 3.49. The third-order valence-electron chi connectivity index (χ3n) is 7.24. The molecule has 36 heavy (non-hydrogen) atoms. The molecular formula is C23H23N5O6S2. The lowest BCUT2D eigenvalue weighted by Crippen LogP contribution is -2.74. The maximum atomic E-state index is 13.7. The molecule has 188 valence electrons. The Balaban J connectivity index is 1.63. The van der Waals surface area contributed by atoms with Crippen molar-refractivity contribution in [1.29, 1.82) is 0 Å². The number of carbonyl (C=O) groups is 2. The largest absolute Gasteiger partial charge is 0.364 e.